The summed E-state index contributed by atoms with van der Waals surface area (Å²) in [7, 11) is 0.434. The first-order valence-electron chi connectivity index (χ1n) is 11.6. The Hall–Kier alpha value is -3.24. The Morgan fingerprint density at radius 3 is 2.66 bits per heavy atom. The predicted octanol–water partition coefficient (Wildman–Crippen LogP) is 3.28. The quantitative estimate of drug-likeness (QED) is 0.421. The predicted molar refractivity (Wildman–Crippen MR) is 133 cm³/mol. The van der Waals surface area contributed by atoms with Crippen LogP contribution in [-0.2, 0) is 23.3 Å². The first-order chi connectivity index (χ1) is 16.8. The maximum absolute atomic E-state index is 14.3. The Morgan fingerprint density at radius 2 is 1.97 bits per heavy atom. The van der Waals surface area contributed by atoms with Crippen molar-refractivity contribution in [3.63, 3.8) is 0 Å². The zero-order valence-corrected chi connectivity index (χ0v) is 20.6. The number of halogens is 1. The average molecular weight is 498 g/mol. The highest BCUT2D eigenvalue weighted by atomic mass is 32.2. The van der Waals surface area contributed by atoms with Crippen molar-refractivity contribution < 1.29 is 17.5 Å². The van der Waals surface area contributed by atoms with Crippen LogP contribution >= 0.6 is 0 Å². The maximum atomic E-state index is 14.3. The Bertz CT molecular complexity index is 1460. The smallest absolute Gasteiger partial charge is 0.165 e. The van der Waals surface area contributed by atoms with Crippen molar-refractivity contribution in [1.29, 1.82) is 0 Å². The number of ether oxygens (including phenoxy) is 1. The fourth-order valence-corrected chi connectivity index (χ4v) is 6.08. The number of methoxy groups -OCH3 is 1. The van der Waals surface area contributed by atoms with E-state index in [1.165, 1.54) is 13.2 Å². The first-order valence-corrected chi connectivity index (χ1v) is 13.4. The monoisotopic (exact) mass is 497 g/mol. The molecular weight excluding hydrogens is 469 g/mol. The molecule has 10 heteroatoms. The number of fused-ring (bicyclic) bond motifs is 1. The molecule has 1 aliphatic rings. The third kappa shape index (κ3) is 4.94. The molecule has 3 aromatic heterocycles. The van der Waals surface area contributed by atoms with Gasteiger partial charge in [-0.2, -0.15) is 5.10 Å². The number of hydrogen-bond acceptors (Lipinski definition) is 6. The number of nitrogens with zero attached hydrogens (tertiary/aromatic N) is 4. The van der Waals surface area contributed by atoms with E-state index in [-0.39, 0.29) is 23.3 Å². The topological polar surface area (TPSA) is 91.0 Å². The molecular formula is C25H28FN5O3S. The van der Waals surface area contributed by atoms with Crippen LogP contribution in [0.3, 0.4) is 0 Å². The lowest BCUT2D eigenvalue weighted by Gasteiger charge is -2.23. The number of rotatable bonds is 7. The maximum Gasteiger partial charge on any atom is 0.165 e. The van der Waals surface area contributed by atoms with E-state index in [1.54, 1.807) is 23.0 Å². The van der Waals surface area contributed by atoms with Gasteiger partial charge in [-0.15, -0.1) is 0 Å². The van der Waals surface area contributed by atoms with Crippen LogP contribution in [0.5, 0.6) is 5.75 Å². The van der Waals surface area contributed by atoms with E-state index < -0.39 is 15.7 Å². The molecule has 0 radical (unpaired) electrons. The lowest BCUT2D eigenvalue weighted by molar-refractivity contribution is 0.386. The van der Waals surface area contributed by atoms with Crippen molar-refractivity contribution >= 4 is 20.9 Å². The molecule has 1 N–H and O–H groups in total. The van der Waals surface area contributed by atoms with Crippen molar-refractivity contribution in [3.05, 3.63) is 60.3 Å². The molecule has 0 atom stereocenters. The lowest BCUT2D eigenvalue weighted by Crippen LogP contribution is -2.38. The minimum atomic E-state index is -2.87. The van der Waals surface area contributed by atoms with Crippen molar-refractivity contribution in [2.45, 2.75) is 25.3 Å². The molecule has 0 bridgehead atoms. The van der Waals surface area contributed by atoms with Gasteiger partial charge in [0, 0.05) is 36.4 Å². The molecule has 1 aromatic carbocycles. The van der Waals surface area contributed by atoms with Gasteiger partial charge in [0.2, 0.25) is 0 Å². The second-order valence-corrected chi connectivity index (χ2v) is 11.2. The molecule has 35 heavy (non-hydrogen) atoms. The molecule has 184 valence electrons. The Morgan fingerprint density at radius 1 is 1.17 bits per heavy atom. The largest absolute Gasteiger partial charge is 0.494 e. The third-order valence-electron chi connectivity index (χ3n) is 6.53. The third-order valence-corrected chi connectivity index (χ3v) is 8.25. The van der Waals surface area contributed by atoms with Gasteiger partial charge >= 0.3 is 0 Å². The summed E-state index contributed by atoms with van der Waals surface area (Å²) < 4.78 is 46.5. The van der Waals surface area contributed by atoms with Crippen molar-refractivity contribution in [1.82, 2.24) is 24.6 Å². The molecule has 4 heterocycles. The van der Waals surface area contributed by atoms with E-state index in [0.717, 1.165) is 35.2 Å². The summed E-state index contributed by atoms with van der Waals surface area (Å²) in [5.41, 5.74) is 4.11. The number of pyridine rings is 1. The summed E-state index contributed by atoms with van der Waals surface area (Å²) in [4.78, 5) is 4.89. The van der Waals surface area contributed by atoms with Crippen LogP contribution in [0.15, 0.2) is 48.9 Å². The molecule has 8 nitrogen and oxygen atoms in total. The number of hydrogen-bond donors (Lipinski definition) is 1. The summed E-state index contributed by atoms with van der Waals surface area (Å²) in [6, 6.07) is 8.97. The van der Waals surface area contributed by atoms with E-state index in [0.29, 0.717) is 24.1 Å². The Balaban J connectivity index is 1.44. The summed E-state index contributed by atoms with van der Waals surface area (Å²) >= 11 is 0. The first kappa shape index (κ1) is 23.5. The van der Waals surface area contributed by atoms with Crippen LogP contribution in [-0.4, -0.2) is 59.0 Å². The van der Waals surface area contributed by atoms with E-state index in [9.17, 15) is 12.8 Å². The number of benzene rings is 1. The summed E-state index contributed by atoms with van der Waals surface area (Å²) in [6.45, 7) is 0.738. The zero-order valence-electron chi connectivity index (χ0n) is 19.7. The van der Waals surface area contributed by atoms with E-state index in [1.807, 2.05) is 29.9 Å². The van der Waals surface area contributed by atoms with Gasteiger partial charge in [-0.3, -0.25) is 9.25 Å². The van der Waals surface area contributed by atoms with Crippen LogP contribution < -0.4 is 10.1 Å². The van der Waals surface area contributed by atoms with Crippen molar-refractivity contribution in [2.24, 2.45) is 7.05 Å². The molecule has 0 spiro atoms. The standard InChI is InChI=1S/C25H28FN5O3S/c1-30-16-20(14-28-30)31-15-18(7-10-27-19-8-11-35(32,33)12-9-19)21-4-5-23(29-25(21)31)17-3-6-24(34-2)22(26)13-17/h3-6,13-16,19,27H,7-12H2,1-2H3. The highest BCUT2D eigenvalue weighted by molar-refractivity contribution is 7.91. The molecule has 1 fully saturated rings. The van der Waals surface area contributed by atoms with Gasteiger partial charge in [-0.25, -0.2) is 17.8 Å². The zero-order chi connectivity index (χ0) is 24.6. The van der Waals surface area contributed by atoms with E-state index >= 15 is 0 Å². The molecule has 1 saturated heterocycles. The second kappa shape index (κ2) is 9.43. The molecule has 0 aliphatic carbocycles. The number of sulfone groups is 1. The fourth-order valence-electron chi connectivity index (χ4n) is 4.59. The van der Waals surface area contributed by atoms with Crippen LogP contribution in [0.4, 0.5) is 4.39 Å². The van der Waals surface area contributed by atoms with Gasteiger partial charge in [0.25, 0.3) is 0 Å². The van der Waals surface area contributed by atoms with E-state index in [4.69, 9.17) is 9.72 Å². The number of nitrogens with one attached hydrogen (secondary N) is 1. The molecule has 0 amide bonds. The van der Waals surface area contributed by atoms with Crippen LogP contribution in [0.2, 0.25) is 0 Å². The molecule has 1 aliphatic heterocycles. The van der Waals surface area contributed by atoms with Gasteiger partial charge in [-0.1, -0.05) is 0 Å². The van der Waals surface area contributed by atoms with Gasteiger partial charge in [-0.05, 0) is 61.7 Å². The highest BCUT2D eigenvalue weighted by Crippen LogP contribution is 2.29. The minimum absolute atomic E-state index is 0.193. The molecule has 5 rings (SSSR count). The lowest BCUT2D eigenvalue weighted by atomic mass is 10.1. The van der Waals surface area contributed by atoms with E-state index in [2.05, 4.69) is 16.6 Å². The Kier molecular flexibility index (Phi) is 6.33. The summed E-state index contributed by atoms with van der Waals surface area (Å²) in [6.07, 6.45) is 7.86. The van der Waals surface area contributed by atoms with Gasteiger partial charge < -0.3 is 10.1 Å². The van der Waals surface area contributed by atoms with Crippen LogP contribution in [0.25, 0.3) is 28.0 Å². The summed E-state index contributed by atoms with van der Waals surface area (Å²) in [5, 5.41) is 8.83. The minimum Gasteiger partial charge on any atom is -0.494 e. The second-order valence-electron chi connectivity index (χ2n) is 8.94. The highest BCUT2D eigenvalue weighted by Gasteiger charge is 2.23. The fraction of sp³-hybridized carbons (Fsp3) is 0.360. The number of aryl methyl sites for hydroxylation is 1. The normalized spacial score (nSPS) is 16.1. The number of aromatic nitrogens is 4. The van der Waals surface area contributed by atoms with Gasteiger partial charge in [0.05, 0.1) is 36.2 Å². The SMILES string of the molecule is COc1ccc(-c2ccc3c(CCNC4CCS(=O)(=O)CC4)cn(-c4cnn(C)c4)c3n2)cc1F. The van der Waals surface area contributed by atoms with Crippen molar-refractivity contribution in [2.75, 3.05) is 25.2 Å². The molecule has 4 aromatic rings. The van der Waals surface area contributed by atoms with Gasteiger partial charge in [0.1, 0.15) is 15.5 Å². The summed E-state index contributed by atoms with van der Waals surface area (Å²) in [5.74, 6) is 0.267. The van der Waals surface area contributed by atoms with Crippen LogP contribution in [0, 0.1) is 5.82 Å². The average Bonchev–Trinajstić information content (AvgIpc) is 3.43. The van der Waals surface area contributed by atoms with Crippen molar-refractivity contribution in [3.8, 4) is 22.7 Å². The molecule has 0 unspecified atom stereocenters. The van der Waals surface area contributed by atoms with Crippen LogP contribution in [0.1, 0.15) is 18.4 Å². The Labute approximate surface area is 203 Å². The molecule has 0 saturated carbocycles. The van der Waals surface area contributed by atoms with Gasteiger partial charge in [0.15, 0.2) is 11.6 Å².